The predicted octanol–water partition coefficient (Wildman–Crippen LogP) is 3.25. The van der Waals surface area contributed by atoms with E-state index in [-0.39, 0.29) is 4.90 Å². The van der Waals surface area contributed by atoms with E-state index in [1.165, 1.54) is 6.92 Å². The molecule has 25 heavy (non-hydrogen) atoms. The minimum Gasteiger partial charge on any atom is -0.325 e. The molecule has 0 spiro atoms. The minimum absolute atomic E-state index is 0.102. The number of carbonyl (C=O) groups excluding carboxylic acids is 1. The Morgan fingerprint density at radius 1 is 0.960 bits per heavy atom. The number of rotatable bonds is 6. The molecule has 2 rings (SSSR count). The SMILES string of the molecule is CC(C)c1ccc(NC(=O)[C@H](C)NS(=O)(=O)c2ccc(F)cc2)cc1. The largest absolute Gasteiger partial charge is 0.325 e. The van der Waals surface area contributed by atoms with E-state index in [0.717, 1.165) is 29.8 Å². The zero-order chi connectivity index (χ0) is 18.6. The number of halogens is 1. The van der Waals surface area contributed by atoms with Gasteiger partial charge in [0.2, 0.25) is 15.9 Å². The smallest absolute Gasteiger partial charge is 0.242 e. The molecular weight excluding hydrogens is 343 g/mol. The second kappa shape index (κ2) is 7.76. The van der Waals surface area contributed by atoms with Crippen LogP contribution in [0.15, 0.2) is 53.4 Å². The third-order valence-corrected chi connectivity index (χ3v) is 5.25. The molecule has 0 aliphatic carbocycles. The zero-order valence-electron chi connectivity index (χ0n) is 14.3. The molecule has 0 fully saturated rings. The first-order valence-corrected chi connectivity index (χ1v) is 9.36. The summed E-state index contributed by atoms with van der Waals surface area (Å²) in [6.07, 6.45) is 0. The van der Waals surface area contributed by atoms with Gasteiger partial charge in [0, 0.05) is 5.69 Å². The molecule has 0 bridgehead atoms. The highest BCUT2D eigenvalue weighted by molar-refractivity contribution is 7.89. The molecule has 0 heterocycles. The normalized spacial score (nSPS) is 12.8. The van der Waals surface area contributed by atoms with Crippen molar-refractivity contribution in [1.29, 1.82) is 0 Å². The highest BCUT2D eigenvalue weighted by Gasteiger charge is 2.22. The van der Waals surface area contributed by atoms with Crippen LogP contribution in [0.25, 0.3) is 0 Å². The van der Waals surface area contributed by atoms with Crippen LogP contribution in [0, 0.1) is 5.82 Å². The molecule has 5 nitrogen and oxygen atoms in total. The second-order valence-corrected chi connectivity index (χ2v) is 7.78. The summed E-state index contributed by atoms with van der Waals surface area (Å²) in [5.41, 5.74) is 1.73. The lowest BCUT2D eigenvalue weighted by molar-refractivity contribution is -0.117. The maximum Gasteiger partial charge on any atom is 0.242 e. The second-order valence-electron chi connectivity index (χ2n) is 6.06. The highest BCUT2D eigenvalue weighted by Crippen LogP contribution is 2.17. The maximum atomic E-state index is 12.9. The summed E-state index contributed by atoms with van der Waals surface area (Å²) in [6, 6.07) is 10.8. The summed E-state index contributed by atoms with van der Waals surface area (Å²) >= 11 is 0. The molecule has 0 saturated heterocycles. The Bertz CT molecular complexity index is 832. The van der Waals surface area contributed by atoms with Gasteiger partial charge >= 0.3 is 0 Å². The van der Waals surface area contributed by atoms with Crippen molar-refractivity contribution in [3.63, 3.8) is 0 Å². The molecule has 0 aliphatic rings. The van der Waals surface area contributed by atoms with Crippen LogP contribution in [0.1, 0.15) is 32.3 Å². The maximum absolute atomic E-state index is 12.9. The van der Waals surface area contributed by atoms with E-state index in [9.17, 15) is 17.6 Å². The number of nitrogens with one attached hydrogen (secondary N) is 2. The quantitative estimate of drug-likeness (QED) is 0.826. The fraction of sp³-hybridized carbons (Fsp3) is 0.278. The molecule has 2 aromatic rings. The Kier molecular flexibility index (Phi) is 5.92. The average molecular weight is 364 g/mol. The third-order valence-electron chi connectivity index (χ3n) is 3.69. The van der Waals surface area contributed by atoms with Crippen LogP contribution in [0.5, 0.6) is 0 Å². The Labute approximate surface area is 147 Å². The number of hydrogen-bond donors (Lipinski definition) is 2. The molecular formula is C18H21FN2O3S. The standard InChI is InChI=1S/C18H21FN2O3S/c1-12(2)14-4-8-16(9-5-14)20-18(22)13(3)21-25(23,24)17-10-6-15(19)7-11-17/h4-13,21H,1-3H3,(H,20,22)/t13-/m0/s1. The van der Waals surface area contributed by atoms with Gasteiger partial charge in [-0.05, 0) is 54.8 Å². The molecule has 0 aromatic heterocycles. The minimum atomic E-state index is -3.91. The lowest BCUT2D eigenvalue weighted by Crippen LogP contribution is -2.41. The number of anilines is 1. The van der Waals surface area contributed by atoms with E-state index in [1.807, 2.05) is 12.1 Å². The number of benzene rings is 2. The Balaban J connectivity index is 2.03. The van der Waals surface area contributed by atoms with Gasteiger partial charge in [-0.25, -0.2) is 12.8 Å². The number of amides is 1. The molecule has 7 heteroatoms. The van der Waals surface area contributed by atoms with Gasteiger partial charge in [-0.1, -0.05) is 26.0 Å². The Morgan fingerprint density at radius 3 is 2.04 bits per heavy atom. The van der Waals surface area contributed by atoms with Crippen LogP contribution < -0.4 is 10.0 Å². The summed E-state index contributed by atoms with van der Waals surface area (Å²) < 4.78 is 39.6. The first-order chi connectivity index (χ1) is 11.7. The van der Waals surface area contributed by atoms with Crippen molar-refractivity contribution in [3.05, 3.63) is 59.9 Å². The van der Waals surface area contributed by atoms with Gasteiger partial charge in [-0.2, -0.15) is 4.72 Å². The average Bonchev–Trinajstić information content (AvgIpc) is 2.55. The highest BCUT2D eigenvalue weighted by atomic mass is 32.2. The first-order valence-electron chi connectivity index (χ1n) is 7.88. The van der Waals surface area contributed by atoms with Crippen LogP contribution in [0.4, 0.5) is 10.1 Å². The summed E-state index contributed by atoms with van der Waals surface area (Å²) in [6.45, 7) is 5.58. The van der Waals surface area contributed by atoms with E-state index in [1.54, 1.807) is 12.1 Å². The fourth-order valence-electron chi connectivity index (χ4n) is 2.17. The number of sulfonamides is 1. The lowest BCUT2D eigenvalue weighted by Gasteiger charge is -2.15. The topological polar surface area (TPSA) is 75.3 Å². The lowest BCUT2D eigenvalue weighted by atomic mass is 10.0. The van der Waals surface area contributed by atoms with Gasteiger partial charge < -0.3 is 5.32 Å². The van der Waals surface area contributed by atoms with Crippen LogP contribution in [-0.4, -0.2) is 20.4 Å². The molecule has 0 saturated carbocycles. The van der Waals surface area contributed by atoms with Crippen molar-refractivity contribution in [2.75, 3.05) is 5.32 Å². The van der Waals surface area contributed by atoms with E-state index >= 15 is 0 Å². The molecule has 1 amide bonds. The Hall–Kier alpha value is -2.25. The number of carbonyl (C=O) groups is 1. The molecule has 2 aromatic carbocycles. The molecule has 0 aliphatic heterocycles. The van der Waals surface area contributed by atoms with Crippen molar-refractivity contribution in [3.8, 4) is 0 Å². The summed E-state index contributed by atoms with van der Waals surface area (Å²) in [5.74, 6) is -0.635. The Morgan fingerprint density at radius 2 is 1.52 bits per heavy atom. The van der Waals surface area contributed by atoms with Gasteiger partial charge in [0.05, 0.1) is 10.9 Å². The van der Waals surface area contributed by atoms with E-state index in [0.29, 0.717) is 11.6 Å². The summed E-state index contributed by atoms with van der Waals surface area (Å²) in [4.78, 5) is 12.1. The third kappa shape index (κ3) is 5.11. The summed E-state index contributed by atoms with van der Waals surface area (Å²) in [5, 5.41) is 2.67. The molecule has 2 N–H and O–H groups in total. The van der Waals surface area contributed by atoms with E-state index in [4.69, 9.17) is 0 Å². The van der Waals surface area contributed by atoms with Crippen LogP contribution in [0.2, 0.25) is 0 Å². The van der Waals surface area contributed by atoms with Crippen molar-refractivity contribution in [2.45, 2.75) is 37.6 Å². The van der Waals surface area contributed by atoms with Crippen molar-refractivity contribution in [1.82, 2.24) is 4.72 Å². The van der Waals surface area contributed by atoms with Crippen LogP contribution >= 0.6 is 0 Å². The van der Waals surface area contributed by atoms with E-state index in [2.05, 4.69) is 23.9 Å². The zero-order valence-corrected chi connectivity index (χ0v) is 15.1. The van der Waals surface area contributed by atoms with Crippen LogP contribution in [-0.2, 0) is 14.8 Å². The molecule has 0 radical (unpaired) electrons. The number of hydrogen-bond acceptors (Lipinski definition) is 3. The van der Waals surface area contributed by atoms with E-state index < -0.39 is 27.8 Å². The fourth-order valence-corrected chi connectivity index (χ4v) is 3.37. The van der Waals surface area contributed by atoms with Crippen LogP contribution in [0.3, 0.4) is 0 Å². The van der Waals surface area contributed by atoms with Crippen molar-refractivity contribution >= 4 is 21.6 Å². The van der Waals surface area contributed by atoms with Gasteiger partial charge in [0.25, 0.3) is 0 Å². The molecule has 134 valence electrons. The van der Waals surface area contributed by atoms with Crippen molar-refractivity contribution < 1.29 is 17.6 Å². The first kappa shape index (κ1) is 19.1. The molecule has 1 atom stereocenters. The van der Waals surface area contributed by atoms with Crippen molar-refractivity contribution in [2.24, 2.45) is 0 Å². The van der Waals surface area contributed by atoms with Gasteiger partial charge in [-0.3, -0.25) is 4.79 Å². The van der Waals surface area contributed by atoms with Gasteiger partial charge in [0.1, 0.15) is 5.82 Å². The molecule has 0 unspecified atom stereocenters. The predicted molar refractivity (Wildman–Crippen MR) is 95.3 cm³/mol. The monoisotopic (exact) mass is 364 g/mol. The summed E-state index contributed by atoms with van der Waals surface area (Å²) in [7, 11) is -3.91. The van der Waals surface area contributed by atoms with Gasteiger partial charge in [-0.15, -0.1) is 0 Å². The van der Waals surface area contributed by atoms with Gasteiger partial charge in [0.15, 0.2) is 0 Å².